The summed E-state index contributed by atoms with van der Waals surface area (Å²) in [6.45, 7) is 5.25. The molecule has 0 aromatic heterocycles. The van der Waals surface area contributed by atoms with E-state index in [9.17, 15) is 0 Å². The minimum atomic E-state index is -1.83. The monoisotopic (exact) mass is 174 g/mol. The maximum atomic E-state index is 8.56. The molecule has 6 nitrogen and oxygen atoms in total. The Morgan fingerprint density at radius 3 is 1.08 bits per heavy atom. The molecule has 0 aliphatic carbocycles. The third-order valence-electron chi connectivity index (χ3n) is 0. The zero-order valence-electron chi connectivity index (χ0n) is 5.89. The molecule has 0 fully saturated rings. The van der Waals surface area contributed by atoms with Crippen LogP contribution in [0.4, 0.5) is 9.59 Å². The second-order valence-electron chi connectivity index (χ2n) is 0.973. The topological polar surface area (TPSA) is 115 Å². The van der Waals surface area contributed by atoms with Gasteiger partial charge in [0.15, 0.2) is 0 Å². The van der Waals surface area contributed by atoms with Crippen molar-refractivity contribution >= 4 is 31.2 Å². The van der Waals surface area contributed by atoms with Gasteiger partial charge in [-0.05, 0) is 6.92 Å². The molecule has 0 bridgehead atoms. The summed E-state index contributed by atoms with van der Waals surface area (Å²) in [6.07, 6.45) is -1.92. The fourth-order valence-corrected chi connectivity index (χ4v) is 0. The van der Waals surface area contributed by atoms with Crippen LogP contribution in [0.3, 0.4) is 0 Å². The molecule has 0 spiro atoms. The molecule has 4 N–H and O–H groups in total. The summed E-state index contributed by atoms with van der Waals surface area (Å²) in [5, 5.41) is 27.9. The molecule has 0 aromatic carbocycles. The Morgan fingerprint density at radius 1 is 1.08 bits per heavy atom. The summed E-state index contributed by atoms with van der Waals surface area (Å²) in [4.78, 5) is 17.1. The summed E-state index contributed by atoms with van der Waals surface area (Å²) < 4.78 is 0. The van der Waals surface area contributed by atoms with Gasteiger partial charge in [-0.2, -0.15) is 0 Å². The Bertz CT molecular complexity index is 103. The summed E-state index contributed by atoms with van der Waals surface area (Å²) >= 11 is 0. The molecular weight excluding hydrogens is 163 g/mol. The summed E-state index contributed by atoms with van der Waals surface area (Å²) in [5.74, 6) is 0. The van der Waals surface area contributed by atoms with Crippen LogP contribution in [0.2, 0.25) is 0 Å². The number of hydrogen-bond acceptors (Lipinski definition) is 2. The minimum absolute atomic E-state index is 0. The molecule has 0 atom stereocenters. The van der Waals surface area contributed by atoms with Gasteiger partial charge in [0, 0.05) is 0 Å². The zero-order chi connectivity index (χ0) is 9.86. The van der Waals surface area contributed by atoms with Crippen molar-refractivity contribution in [2.75, 3.05) is 0 Å². The fraction of sp³-hybridized carbons (Fsp3) is 0.200. The van der Waals surface area contributed by atoms with E-state index in [4.69, 9.17) is 30.0 Å². The van der Waals surface area contributed by atoms with Crippen LogP contribution in [0.1, 0.15) is 6.92 Å². The molecule has 0 saturated carbocycles. The first-order chi connectivity index (χ1) is 4.88. The van der Waals surface area contributed by atoms with E-state index in [0.29, 0.717) is 0 Å². The number of carboxylic acid groups (broad SMARTS) is 4. The Kier molecular flexibility index (Phi) is 42.1. The normalized spacial score (nSPS) is 5.08. The average molecular weight is 174 g/mol. The predicted molar refractivity (Wildman–Crippen MR) is 44.3 cm³/mol. The van der Waals surface area contributed by atoms with E-state index in [1.54, 1.807) is 6.08 Å². The van der Waals surface area contributed by atoms with E-state index in [-0.39, 0.29) is 18.9 Å². The van der Waals surface area contributed by atoms with Crippen molar-refractivity contribution in [2.24, 2.45) is 0 Å². The van der Waals surface area contributed by atoms with Crippen LogP contribution in [0, 0.1) is 0 Å². The van der Waals surface area contributed by atoms with Gasteiger partial charge in [-0.25, -0.2) is 9.59 Å². The van der Waals surface area contributed by atoms with Crippen LogP contribution in [0.5, 0.6) is 0 Å². The second-order valence-corrected chi connectivity index (χ2v) is 0.973. The molecule has 0 amide bonds. The van der Waals surface area contributed by atoms with Crippen molar-refractivity contribution < 1.29 is 30.0 Å². The molecule has 0 saturated heterocycles. The van der Waals surface area contributed by atoms with E-state index < -0.39 is 12.3 Å². The van der Waals surface area contributed by atoms with Crippen molar-refractivity contribution in [1.29, 1.82) is 0 Å². The molecular formula is C5H11LiO6. The molecule has 0 aliphatic heterocycles. The fourth-order valence-electron chi connectivity index (χ4n) is 0. The Labute approximate surface area is 81.3 Å². The van der Waals surface area contributed by atoms with Crippen LogP contribution in [0.25, 0.3) is 0 Å². The van der Waals surface area contributed by atoms with Gasteiger partial charge in [-0.3, -0.25) is 0 Å². The van der Waals surface area contributed by atoms with Crippen LogP contribution < -0.4 is 0 Å². The molecule has 0 heterocycles. The summed E-state index contributed by atoms with van der Waals surface area (Å²) in [6, 6.07) is 0. The standard InChI is InChI=1S/C3H6.2CH2O3.Li.H/c1-3-2;2*2-1(3)4;;/h3H,1H2,2H3;2*(H2,2,3,4);;. The van der Waals surface area contributed by atoms with Crippen molar-refractivity contribution in [3.8, 4) is 0 Å². The van der Waals surface area contributed by atoms with E-state index >= 15 is 0 Å². The van der Waals surface area contributed by atoms with Gasteiger partial charge in [0.25, 0.3) is 0 Å². The first-order valence-electron chi connectivity index (χ1n) is 2.29. The Balaban J connectivity index is -0.0000000389. The summed E-state index contributed by atoms with van der Waals surface area (Å²) in [5.41, 5.74) is 0. The Hall–Kier alpha value is -1.12. The maximum absolute atomic E-state index is 8.56. The number of rotatable bonds is 0. The SMILES string of the molecule is C=CC.O=C(O)O.O=C(O)O.[LiH]. The third-order valence-corrected chi connectivity index (χ3v) is 0. The van der Waals surface area contributed by atoms with E-state index in [1.807, 2.05) is 6.92 Å². The van der Waals surface area contributed by atoms with E-state index in [2.05, 4.69) is 6.58 Å². The van der Waals surface area contributed by atoms with Gasteiger partial charge in [-0.15, -0.1) is 6.58 Å². The van der Waals surface area contributed by atoms with Crippen molar-refractivity contribution in [3.63, 3.8) is 0 Å². The molecule has 0 rings (SSSR count). The molecule has 0 aliphatic rings. The van der Waals surface area contributed by atoms with Gasteiger partial charge in [-0.1, -0.05) is 6.08 Å². The number of allylic oxidation sites excluding steroid dienone is 1. The van der Waals surface area contributed by atoms with Crippen molar-refractivity contribution in [3.05, 3.63) is 12.7 Å². The molecule has 0 radical (unpaired) electrons. The van der Waals surface area contributed by atoms with Crippen LogP contribution in [-0.2, 0) is 0 Å². The van der Waals surface area contributed by atoms with Gasteiger partial charge in [0.1, 0.15) is 0 Å². The van der Waals surface area contributed by atoms with Gasteiger partial charge >= 0.3 is 31.2 Å². The van der Waals surface area contributed by atoms with Gasteiger partial charge in [0.05, 0.1) is 0 Å². The Morgan fingerprint density at radius 2 is 1.08 bits per heavy atom. The van der Waals surface area contributed by atoms with E-state index in [1.165, 1.54) is 0 Å². The zero-order valence-corrected chi connectivity index (χ0v) is 5.89. The average Bonchev–Trinajstić information content (AvgIpc) is 1.60. The summed E-state index contributed by atoms with van der Waals surface area (Å²) in [7, 11) is 0. The first-order valence-corrected chi connectivity index (χ1v) is 2.29. The molecule has 7 heteroatoms. The van der Waals surface area contributed by atoms with Gasteiger partial charge in [0.2, 0.25) is 0 Å². The molecule has 0 unspecified atom stereocenters. The van der Waals surface area contributed by atoms with Crippen molar-refractivity contribution in [1.82, 2.24) is 0 Å². The van der Waals surface area contributed by atoms with Crippen LogP contribution in [0.15, 0.2) is 12.7 Å². The molecule has 0 aromatic rings. The van der Waals surface area contributed by atoms with Gasteiger partial charge < -0.3 is 20.4 Å². The van der Waals surface area contributed by atoms with E-state index in [0.717, 1.165) is 0 Å². The van der Waals surface area contributed by atoms with Crippen LogP contribution in [-0.4, -0.2) is 51.6 Å². The van der Waals surface area contributed by atoms with Crippen molar-refractivity contribution in [2.45, 2.75) is 6.92 Å². The second kappa shape index (κ2) is 22.5. The predicted octanol–water partition coefficient (Wildman–Crippen LogP) is 0.989. The number of hydrogen-bond donors (Lipinski definition) is 4. The quantitative estimate of drug-likeness (QED) is 0.321. The van der Waals surface area contributed by atoms with Crippen LogP contribution >= 0.6 is 0 Å². The molecule has 68 valence electrons. The first kappa shape index (κ1) is 22.4. The number of carbonyl (C=O) groups is 2. The third kappa shape index (κ3) is 437. The molecule has 12 heavy (non-hydrogen) atoms.